The summed E-state index contributed by atoms with van der Waals surface area (Å²) in [6.45, 7) is 8.89. The number of hydrogen-bond acceptors (Lipinski definition) is 2. The highest BCUT2D eigenvalue weighted by Crippen LogP contribution is 2.36. The van der Waals surface area contributed by atoms with Gasteiger partial charge in [0.05, 0.1) is 5.54 Å². The number of carbonyl (C=O) groups excluding carboxylic acids is 1. The Morgan fingerprint density at radius 3 is 2.33 bits per heavy atom. The van der Waals surface area contributed by atoms with E-state index in [1.165, 1.54) is 19.3 Å². The molecule has 0 aromatic rings. The van der Waals surface area contributed by atoms with Crippen LogP contribution in [-0.2, 0) is 4.79 Å². The maximum atomic E-state index is 11.4. The summed E-state index contributed by atoms with van der Waals surface area (Å²) in [5.74, 6) is 0.257. The summed E-state index contributed by atoms with van der Waals surface area (Å²) in [7, 11) is 2.14. The first-order chi connectivity index (χ1) is 7.14. The predicted octanol–water partition coefficient (Wildman–Crippen LogP) is 1.73. The molecule has 2 rings (SSSR count). The summed E-state index contributed by atoms with van der Waals surface area (Å²) in [5, 5.41) is 0. The van der Waals surface area contributed by atoms with Gasteiger partial charge in [0.2, 0.25) is 5.91 Å². The summed E-state index contributed by atoms with van der Waals surface area (Å²) in [6.07, 6.45) is 3.56. The van der Waals surface area contributed by atoms with Crippen molar-refractivity contribution < 1.29 is 4.79 Å². The van der Waals surface area contributed by atoms with E-state index >= 15 is 0 Å². The monoisotopic (exact) mass is 212 g/mol. The van der Waals surface area contributed by atoms with Crippen molar-refractivity contribution in [3.63, 3.8) is 0 Å². The molecule has 1 spiro atoms. The molecule has 0 aromatic carbocycles. The molecule has 1 atom stereocenters. The van der Waals surface area contributed by atoms with Gasteiger partial charge in [-0.15, -0.1) is 0 Å². The Hall–Kier alpha value is -0.570. The standard InChI is InChI=1S/C10H18N2O.C2H6/c1-9(13)12-6-3-4-10(12)5-7-11(2)8-10;1-2/h3-8H2,1-2H3;1-2H3. The van der Waals surface area contributed by atoms with E-state index in [2.05, 4.69) is 16.8 Å². The van der Waals surface area contributed by atoms with Gasteiger partial charge in [0.1, 0.15) is 0 Å². The van der Waals surface area contributed by atoms with Gasteiger partial charge in [-0.3, -0.25) is 4.79 Å². The summed E-state index contributed by atoms with van der Waals surface area (Å²) < 4.78 is 0. The predicted molar refractivity (Wildman–Crippen MR) is 62.8 cm³/mol. The van der Waals surface area contributed by atoms with Crippen LogP contribution in [0.2, 0.25) is 0 Å². The molecule has 1 unspecified atom stereocenters. The molecule has 2 aliphatic heterocycles. The van der Waals surface area contributed by atoms with Crippen LogP contribution in [0.15, 0.2) is 0 Å². The van der Waals surface area contributed by atoms with E-state index < -0.39 is 0 Å². The van der Waals surface area contributed by atoms with Crippen LogP contribution < -0.4 is 0 Å². The van der Waals surface area contributed by atoms with Gasteiger partial charge in [-0.25, -0.2) is 0 Å². The van der Waals surface area contributed by atoms with Crippen molar-refractivity contribution >= 4 is 5.91 Å². The van der Waals surface area contributed by atoms with Crippen LogP contribution in [0.25, 0.3) is 0 Å². The molecule has 2 saturated heterocycles. The van der Waals surface area contributed by atoms with Crippen LogP contribution in [0.3, 0.4) is 0 Å². The van der Waals surface area contributed by atoms with Gasteiger partial charge in [0.15, 0.2) is 0 Å². The summed E-state index contributed by atoms with van der Waals surface area (Å²) >= 11 is 0. The fourth-order valence-electron chi connectivity index (χ4n) is 2.91. The largest absolute Gasteiger partial charge is 0.336 e. The number of likely N-dealkylation sites (tertiary alicyclic amines) is 2. The third-order valence-corrected chi connectivity index (χ3v) is 3.50. The van der Waals surface area contributed by atoms with Gasteiger partial charge in [0.25, 0.3) is 0 Å². The zero-order valence-electron chi connectivity index (χ0n) is 10.5. The van der Waals surface area contributed by atoms with Crippen molar-refractivity contribution in [2.45, 2.75) is 45.6 Å². The Morgan fingerprint density at radius 1 is 1.20 bits per heavy atom. The number of carbonyl (C=O) groups is 1. The maximum absolute atomic E-state index is 11.4. The Bertz CT molecular complexity index is 230. The van der Waals surface area contributed by atoms with Gasteiger partial charge < -0.3 is 9.80 Å². The van der Waals surface area contributed by atoms with E-state index in [1.54, 1.807) is 6.92 Å². The quantitative estimate of drug-likeness (QED) is 0.610. The van der Waals surface area contributed by atoms with Gasteiger partial charge in [-0.1, -0.05) is 13.8 Å². The average Bonchev–Trinajstić information content (AvgIpc) is 2.78. The van der Waals surface area contributed by atoms with E-state index in [4.69, 9.17) is 0 Å². The van der Waals surface area contributed by atoms with Crippen LogP contribution in [0.5, 0.6) is 0 Å². The molecule has 15 heavy (non-hydrogen) atoms. The molecule has 2 fully saturated rings. The van der Waals surface area contributed by atoms with Gasteiger partial charge in [-0.2, -0.15) is 0 Å². The van der Waals surface area contributed by atoms with Crippen LogP contribution in [0.4, 0.5) is 0 Å². The molecular weight excluding hydrogens is 188 g/mol. The minimum atomic E-state index is 0.209. The first-order valence-electron chi connectivity index (χ1n) is 6.11. The summed E-state index contributed by atoms with van der Waals surface area (Å²) in [4.78, 5) is 15.8. The number of likely N-dealkylation sites (N-methyl/N-ethyl adjacent to an activating group) is 1. The smallest absolute Gasteiger partial charge is 0.219 e. The number of rotatable bonds is 0. The van der Waals surface area contributed by atoms with Crippen LogP contribution in [-0.4, -0.2) is 47.9 Å². The van der Waals surface area contributed by atoms with E-state index in [0.717, 1.165) is 19.6 Å². The lowest BCUT2D eigenvalue weighted by atomic mass is 9.95. The lowest BCUT2D eigenvalue weighted by Crippen LogP contribution is -2.47. The molecular formula is C12H24N2O. The summed E-state index contributed by atoms with van der Waals surface area (Å²) in [5.41, 5.74) is 0.209. The van der Waals surface area contributed by atoms with E-state index in [-0.39, 0.29) is 11.4 Å². The van der Waals surface area contributed by atoms with Crippen LogP contribution in [0, 0.1) is 0 Å². The molecule has 2 heterocycles. The normalized spacial score (nSPS) is 30.5. The molecule has 0 radical (unpaired) electrons. The number of amides is 1. The molecule has 0 aliphatic carbocycles. The zero-order chi connectivity index (χ0) is 11.5. The number of hydrogen-bond donors (Lipinski definition) is 0. The Kier molecular flexibility index (Phi) is 4.14. The van der Waals surface area contributed by atoms with Crippen molar-refractivity contribution in [3.05, 3.63) is 0 Å². The van der Waals surface area contributed by atoms with Gasteiger partial charge >= 0.3 is 0 Å². The van der Waals surface area contributed by atoms with E-state index in [1.807, 2.05) is 13.8 Å². The second-order valence-electron chi connectivity index (χ2n) is 4.49. The van der Waals surface area contributed by atoms with Crippen LogP contribution >= 0.6 is 0 Å². The molecule has 0 aromatic heterocycles. The van der Waals surface area contributed by atoms with Crippen molar-refractivity contribution in [2.75, 3.05) is 26.7 Å². The Balaban J connectivity index is 0.000000531. The lowest BCUT2D eigenvalue weighted by Gasteiger charge is -2.34. The first-order valence-corrected chi connectivity index (χ1v) is 6.11. The first kappa shape index (κ1) is 12.5. The average molecular weight is 212 g/mol. The highest BCUT2D eigenvalue weighted by molar-refractivity contribution is 5.74. The molecule has 1 amide bonds. The fraction of sp³-hybridized carbons (Fsp3) is 0.917. The van der Waals surface area contributed by atoms with Crippen molar-refractivity contribution in [2.24, 2.45) is 0 Å². The second-order valence-corrected chi connectivity index (χ2v) is 4.49. The number of nitrogens with zero attached hydrogens (tertiary/aromatic N) is 2. The summed E-state index contributed by atoms with van der Waals surface area (Å²) in [6, 6.07) is 0. The highest BCUT2D eigenvalue weighted by atomic mass is 16.2. The van der Waals surface area contributed by atoms with E-state index in [0.29, 0.717) is 0 Å². The molecule has 0 bridgehead atoms. The highest BCUT2D eigenvalue weighted by Gasteiger charge is 2.45. The van der Waals surface area contributed by atoms with Gasteiger partial charge in [0, 0.05) is 26.6 Å². The fourth-order valence-corrected chi connectivity index (χ4v) is 2.91. The maximum Gasteiger partial charge on any atom is 0.219 e. The van der Waals surface area contributed by atoms with Crippen LogP contribution in [0.1, 0.15) is 40.0 Å². The molecule has 3 nitrogen and oxygen atoms in total. The van der Waals surface area contributed by atoms with Crippen molar-refractivity contribution in [3.8, 4) is 0 Å². The molecule has 0 saturated carbocycles. The Labute approximate surface area is 93.4 Å². The second kappa shape index (κ2) is 4.97. The third kappa shape index (κ3) is 2.33. The lowest BCUT2D eigenvalue weighted by molar-refractivity contribution is -0.132. The third-order valence-electron chi connectivity index (χ3n) is 3.50. The van der Waals surface area contributed by atoms with Crippen molar-refractivity contribution in [1.82, 2.24) is 9.80 Å². The Morgan fingerprint density at radius 2 is 1.87 bits per heavy atom. The van der Waals surface area contributed by atoms with E-state index in [9.17, 15) is 4.79 Å². The van der Waals surface area contributed by atoms with Gasteiger partial charge in [-0.05, 0) is 26.3 Å². The van der Waals surface area contributed by atoms with Crippen molar-refractivity contribution in [1.29, 1.82) is 0 Å². The minimum Gasteiger partial charge on any atom is -0.336 e. The SMILES string of the molecule is CC.CC(=O)N1CCCC12CCN(C)C2. The molecule has 2 aliphatic rings. The molecule has 3 heteroatoms. The molecule has 0 N–H and O–H groups in total. The topological polar surface area (TPSA) is 23.6 Å². The molecule has 88 valence electrons. The minimum absolute atomic E-state index is 0.209. The zero-order valence-corrected chi connectivity index (χ0v) is 10.5.